The normalized spacial score (nSPS) is 18.4. The van der Waals surface area contributed by atoms with Crippen molar-refractivity contribution in [2.24, 2.45) is 11.7 Å². The average molecular weight is 343 g/mol. The second kappa shape index (κ2) is 7.21. The third-order valence-electron chi connectivity index (χ3n) is 4.06. The fourth-order valence-electron chi connectivity index (χ4n) is 2.77. The first kappa shape index (κ1) is 18.3. The van der Waals surface area contributed by atoms with Crippen LogP contribution in [0.25, 0.3) is 0 Å². The fraction of sp³-hybridized carbons (Fsp3) is 0.500. The number of rotatable bonds is 3. The Bertz CT molecular complexity index is 631. The summed E-state index contributed by atoms with van der Waals surface area (Å²) < 4.78 is 38.8. The van der Waals surface area contributed by atoms with Gasteiger partial charge in [-0.3, -0.25) is 9.59 Å². The van der Waals surface area contributed by atoms with E-state index in [4.69, 9.17) is 5.73 Å². The van der Waals surface area contributed by atoms with Gasteiger partial charge < -0.3 is 16.0 Å². The van der Waals surface area contributed by atoms with Crippen LogP contribution < -0.4 is 11.1 Å². The van der Waals surface area contributed by atoms with E-state index in [2.05, 4.69) is 5.32 Å². The topological polar surface area (TPSA) is 75.4 Å². The number of carbonyl (C=O) groups is 2. The summed E-state index contributed by atoms with van der Waals surface area (Å²) in [6.45, 7) is 2.25. The van der Waals surface area contributed by atoms with Crippen LogP contribution in [-0.4, -0.2) is 29.8 Å². The van der Waals surface area contributed by atoms with Gasteiger partial charge in [-0.15, -0.1) is 0 Å². The van der Waals surface area contributed by atoms with Crippen LogP contribution >= 0.6 is 0 Å². The molecule has 5 nitrogen and oxygen atoms in total. The lowest BCUT2D eigenvalue weighted by Gasteiger charge is -2.31. The molecule has 1 aromatic rings. The highest BCUT2D eigenvalue weighted by Gasteiger charge is 2.32. The summed E-state index contributed by atoms with van der Waals surface area (Å²) in [5, 5.41) is 2.53. The van der Waals surface area contributed by atoms with Crippen molar-refractivity contribution >= 4 is 17.5 Å². The molecule has 24 heavy (non-hydrogen) atoms. The summed E-state index contributed by atoms with van der Waals surface area (Å²) in [7, 11) is 0. The van der Waals surface area contributed by atoms with Gasteiger partial charge in [-0.25, -0.2) is 0 Å². The molecule has 132 valence electrons. The SMILES string of the molecule is CC(=O)N1CCCC(C(=O)Nc2cc(CN)cc(C(F)(F)F)c2)C1. The lowest BCUT2D eigenvalue weighted by atomic mass is 9.97. The van der Waals surface area contributed by atoms with E-state index in [-0.39, 0.29) is 36.2 Å². The molecule has 0 aromatic heterocycles. The Balaban J connectivity index is 2.15. The molecule has 1 fully saturated rings. The van der Waals surface area contributed by atoms with Crippen LogP contribution in [0.3, 0.4) is 0 Å². The smallest absolute Gasteiger partial charge is 0.342 e. The summed E-state index contributed by atoms with van der Waals surface area (Å²) in [6, 6.07) is 3.29. The first-order valence-electron chi connectivity index (χ1n) is 7.68. The molecule has 1 saturated heterocycles. The van der Waals surface area contributed by atoms with Crippen molar-refractivity contribution in [3.05, 3.63) is 29.3 Å². The maximum Gasteiger partial charge on any atom is 0.416 e. The van der Waals surface area contributed by atoms with Crippen LogP contribution in [0.5, 0.6) is 0 Å². The largest absolute Gasteiger partial charge is 0.416 e. The predicted octanol–water partition coefficient (Wildman–Crippen LogP) is 2.36. The number of hydrogen-bond acceptors (Lipinski definition) is 3. The highest BCUT2D eigenvalue weighted by molar-refractivity contribution is 5.93. The van der Waals surface area contributed by atoms with E-state index in [1.807, 2.05) is 0 Å². The third-order valence-corrected chi connectivity index (χ3v) is 4.06. The molecule has 8 heteroatoms. The molecule has 1 aromatic carbocycles. The number of anilines is 1. The van der Waals surface area contributed by atoms with Crippen LogP contribution in [0.2, 0.25) is 0 Å². The molecule has 0 bridgehead atoms. The predicted molar refractivity (Wildman–Crippen MR) is 82.9 cm³/mol. The number of nitrogens with one attached hydrogen (secondary N) is 1. The Morgan fingerprint density at radius 2 is 2.04 bits per heavy atom. The summed E-state index contributed by atoms with van der Waals surface area (Å²) in [5.41, 5.74) is 4.93. The van der Waals surface area contributed by atoms with Crippen LogP contribution in [-0.2, 0) is 22.3 Å². The quantitative estimate of drug-likeness (QED) is 0.885. The zero-order valence-corrected chi connectivity index (χ0v) is 13.3. The maximum atomic E-state index is 12.9. The molecular formula is C16H20F3N3O2. The summed E-state index contributed by atoms with van der Waals surface area (Å²) in [5.74, 6) is -0.932. The Hall–Kier alpha value is -2.09. The number of nitrogens with zero attached hydrogens (tertiary/aromatic N) is 1. The number of benzene rings is 1. The van der Waals surface area contributed by atoms with Crippen molar-refractivity contribution in [2.45, 2.75) is 32.5 Å². The van der Waals surface area contributed by atoms with Crippen LogP contribution in [0.4, 0.5) is 18.9 Å². The third kappa shape index (κ3) is 4.47. The monoisotopic (exact) mass is 343 g/mol. The van der Waals surface area contributed by atoms with E-state index in [0.29, 0.717) is 19.4 Å². The van der Waals surface area contributed by atoms with Gasteiger partial charge in [0.05, 0.1) is 11.5 Å². The van der Waals surface area contributed by atoms with E-state index < -0.39 is 17.7 Å². The van der Waals surface area contributed by atoms with Gasteiger partial charge in [-0.05, 0) is 36.6 Å². The zero-order valence-electron chi connectivity index (χ0n) is 13.3. The highest BCUT2D eigenvalue weighted by atomic mass is 19.4. The summed E-state index contributed by atoms with van der Waals surface area (Å²) in [4.78, 5) is 25.3. The van der Waals surface area contributed by atoms with Gasteiger partial charge in [0, 0.05) is 32.2 Å². The second-order valence-corrected chi connectivity index (χ2v) is 5.91. The number of nitrogens with two attached hydrogens (primary N) is 1. The molecule has 2 amide bonds. The van der Waals surface area contributed by atoms with E-state index in [1.54, 1.807) is 4.90 Å². The number of halogens is 3. The van der Waals surface area contributed by atoms with Gasteiger partial charge in [0.1, 0.15) is 0 Å². The molecule has 0 radical (unpaired) electrons. The molecule has 1 aliphatic rings. The van der Waals surface area contributed by atoms with Gasteiger partial charge in [-0.2, -0.15) is 13.2 Å². The maximum absolute atomic E-state index is 12.9. The van der Waals surface area contributed by atoms with E-state index in [9.17, 15) is 22.8 Å². The minimum atomic E-state index is -4.51. The van der Waals surface area contributed by atoms with Gasteiger partial charge in [0.15, 0.2) is 0 Å². The lowest BCUT2D eigenvalue weighted by molar-refractivity contribution is -0.138. The minimum absolute atomic E-state index is 0.0612. The molecule has 0 spiro atoms. The van der Waals surface area contributed by atoms with E-state index >= 15 is 0 Å². The Morgan fingerprint density at radius 1 is 1.33 bits per heavy atom. The standard InChI is InChI=1S/C16H20F3N3O2/c1-10(23)22-4-2-3-12(9-22)15(24)21-14-6-11(8-20)5-13(7-14)16(17,18)19/h5-7,12H,2-4,8-9,20H2,1H3,(H,21,24). The van der Waals surface area contributed by atoms with E-state index in [0.717, 1.165) is 12.1 Å². The van der Waals surface area contributed by atoms with Crippen molar-refractivity contribution in [3.8, 4) is 0 Å². The van der Waals surface area contributed by atoms with Crippen LogP contribution in [0.15, 0.2) is 18.2 Å². The Morgan fingerprint density at radius 3 is 2.62 bits per heavy atom. The van der Waals surface area contributed by atoms with Gasteiger partial charge in [0.25, 0.3) is 0 Å². The number of carbonyl (C=O) groups excluding carboxylic acids is 2. The second-order valence-electron chi connectivity index (χ2n) is 5.91. The van der Waals surface area contributed by atoms with Gasteiger partial charge in [-0.1, -0.05) is 0 Å². The number of alkyl halides is 3. The first-order chi connectivity index (χ1) is 11.2. The number of amides is 2. The molecular weight excluding hydrogens is 323 g/mol. The van der Waals surface area contributed by atoms with Gasteiger partial charge >= 0.3 is 6.18 Å². The van der Waals surface area contributed by atoms with Crippen molar-refractivity contribution in [3.63, 3.8) is 0 Å². The molecule has 0 aliphatic carbocycles. The van der Waals surface area contributed by atoms with E-state index in [1.165, 1.54) is 13.0 Å². The molecule has 1 heterocycles. The minimum Gasteiger partial charge on any atom is -0.342 e. The van der Waals surface area contributed by atoms with Gasteiger partial charge in [0.2, 0.25) is 11.8 Å². The molecule has 1 atom stereocenters. The molecule has 1 unspecified atom stereocenters. The highest BCUT2D eigenvalue weighted by Crippen LogP contribution is 2.32. The molecule has 0 saturated carbocycles. The number of likely N-dealkylation sites (tertiary alicyclic amines) is 1. The molecule has 1 aliphatic heterocycles. The Labute approximate surface area is 138 Å². The number of piperidine rings is 1. The fourth-order valence-corrected chi connectivity index (χ4v) is 2.77. The summed E-state index contributed by atoms with van der Waals surface area (Å²) in [6.07, 6.45) is -3.23. The molecule has 2 rings (SSSR count). The van der Waals surface area contributed by atoms with Crippen molar-refractivity contribution in [2.75, 3.05) is 18.4 Å². The van der Waals surface area contributed by atoms with Crippen molar-refractivity contribution < 1.29 is 22.8 Å². The first-order valence-corrected chi connectivity index (χ1v) is 7.68. The van der Waals surface area contributed by atoms with Crippen molar-refractivity contribution in [1.29, 1.82) is 0 Å². The number of hydrogen-bond donors (Lipinski definition) is 2. The summed E-state index contributed by atoms with van der Waals surface area (Å²) >= 11 is 0. The van der Waals surface area contributed by atoms with Crippen LogP contribution in [0.1, 0.15) is 30.9 Å². The zero-order chi connectivity index (χ0) is 17.9. The molecule has 3 N–H and O–H groups in total. The Kier molecular flexibility index (Phi) is 5.48. The average Bonchev–Trinajstić information content (AvgIpc) is 2.53. The van der Waals surface area contributed by atoms with Crippen molar-refractivity contribution in [1.82, 2.24) is 4.90 Å². The lowest BCUT2D eigenvalue weighted by Crippen LogP contribution is -2.42. The van der Waals surface area contributed by atoms with Crippen LogP contribution in [0, 0.1) is 5.92 Å².